The molecule has 1 atom stereocenters. The Bertz CT molecular complexity index is 887. The minimum Gasteiger partial charge on any atom is -0.497 e. The molecule has 0 saturated carbocycles. The molecule has 0 amide bonds. The molecule has 0 radical (unpaired) electrons. The molecular formula is C22H28N6O. The summed E-state index contributed by atoms with van der Waals surface area (Å²) in [5.41, 5.74) is 2.45. The third kappa shape index (κ3) is 4.40. The summed E-state index contributed by atoms with van der Waals surface area (Å²) in [7, 11) is 1.70. The number of anilines is 1. The van der Waals surface area contributed by atoms with Crippen LogP contribution in [0.5, 0.6) is 5.75 Å². The average molecular weight is 393 g/mol. The van der Waals surface area contributed by atoms with Crippen LogP contribution in [0.1, 0.15) is 30.8 Å². The molecule has 1 aromatic heterocycles. The van der Waals surface area contributed by atoms with Gasteiger partial charge < -0.3 is 9.64 Å². The van der Waals surface area contributed by atoms with Crippen LogP contribution >= 0.6 is 0 Å². The molecule has 2 heterocycles. The van der Waals surface area contributed by atoms with E-state index < -0.39 is 0 Å². The first-order chi connectivity index (χ1) is 14.3. The maximum absolute atomic E-state index is 5.27. The van der Waals surface area contributed by atoms with Crippen molar-refractivity contribution in [2.45, 2.75) is 25.9 Å². The van der Waals surface area contributed by atoms with Gasteiger partial charge in [0, 0.05) is 31.9 Å². The van der Waals surface area contributed by atoms with Crippen LogP contribution in [0.2, 0.25) is 0 Å². The Kier molecular flexibility index (Phi) is 6.05. The maximum atomic E-state index is 5.27. The lowest BCUT2D eigenvalue weighted by atomic mass is 10.1. The molecule has 0 bridgehead atoms. The summed E-state index contributed by atoms with van der Waals surface area (Å²) in [4.78, 5) is 4.93. The number of hydrogen-bond acceptors (Lipinski definition) is 6. The number of rotatable bonds is 7. The Morgan fingerprint density at radius 3 is 2.34 bits per heavy atom. The fraction of sp³-hybridized carbons (Fsp3) is 0.409. The molecule has 1 fully saturated rings. The van der Waals surface area contributed by atoms with Crippen molar-refractivity contribution in [1.29, 1.82) is 0 Å². The third-order valence-electron chi connectivity index (χ3n) is 5.61. The van der Waals surface area contributed by atoms with Crippen LogP contribution < -0.4 is 9.64 Å². The number of ether oxygens (including phenoxy) is 1. The van der Waals surface area contributed by atoms with Crippen LogP contribution in [0.3, 0.4) is 0 Å². The number of hydrogen-bond donors (Lipinski definition) is 0. The first-order valence-electron chi connectivity index (χ1n) is 10.2. The normalized spacial score (nSPS) is 16.0. The highest BCUT2D eigenvalue weighted by molar-refractivity contribution is 5.49. The number of nitrogens with zero attached hydrogens (tertiary/aromatic N) is 6. The minimum atomic E-state index is 0.228. The maximum Gasteiger partial charge on any atom is 0.168 e. The Balaban J connectivity index is 1.42. The van der Waals surface area contributed by atoms with Crippen LogP contribution in [-0.4, -0.2) is 58.4 Å². The molecule has 3 aromatic rings. The Morgan fingerprint density at radius 2 is 1.69 bits per heavy atom. The van der Waals surface area contributed by atoms with Crippen molar-refractivity contribution in [2.75, 3.05) is 38.2 Å². The average Bonchev–Trinajstić information content (AvgIpc) is 3.23. The zero-order valence-electron chi connectivity index (χ0n) is 17.1. The van der Waals surface area contributed by atoms with Gasteiger partial charge in [-0.3, -0.25) is 4.90 Å². The van der Waals surface area contributed by atoms with Gasteiger partial charge in [0.2, 0.25) is 0 Å². The van der Waals surface area contributed by atoms with E-state index in [2.05, 4.69) is 68.6 Å². The van der Waals surface area contributed by atoms with Crippen molar-refractivity contribution >= 4 is 5.69 Å². The second-order valence-electron chi connectivity index (χ2n) is 7.33. The number of aromatic nitrogens is 4. The van der Waals surface area contributed by atoms with E-state index >= 15 is 0 Å². The topological polar surface area (TPSA) is 59.3 Å². The Morgan fingerprint density at radius 1 is 0.966 bits per heavy atom. The monoisotopic (exact) mass is 392 g/mol. The quantitative estimate of drug-likeness (QED) is 0.616. The van der Waals surface area contributed by atoms with E-state index in [4.69, 9.17) is 4.74 Å². The molecule has 29 heavy (non-hydrogen) atoms. The van der Waals surface area contributed by atoms with Gasteiger partial charge >= 0.3 is 0 Å². The van der Waals surface area contributed by atoms with Crippen LogP contribution in [0.25, 0.3) is 0 Å². The van der Waals surface area contributed by atoms with Crippen molar-refractivity contribution in [3.8, 4) is 5.75 Å². The predicted molar refractivity (Wildman–Crippen MR) is 113 cm³/mol. The van der Waals surface area contributed by atoms with Gasteiger partial charge in [-0.25, -0.2) is 4.68 Å². The summed E-state index contributed by atoms with van der Waals surface area (Å²) < 4.78 is 7.21. The van der Waals surface area contributed by atoms with Crippen LogP contribution in [-0.2, 0) is 6.54 Å². The number of tetrazole rings is 1. The van der Waals surface area contributed by atoms with Crippen molar-refractivity contribution < 1.29 is 4.74 Å². The van der Waals surface area contributed by atoms with Gasteiger partial charge in [0.1, 0.15) is 5.75 Å². The van der Waals surface area contributed by atoms with Crippen molar-refractivity contribution in [3.63, 3.8) is 0 Å². The fourth-order valence-corrected chi connectivity index (χ4v) is 4.01. The van der Waals surface area contributed by atoms with E-state index in [1.54, 1.807) is 7.11 Å². The van der Waals surface area contributed by atoms with Crippen LogP contribution in [0.4, 0.5) is 5.69 Å². The second kappa shape index (κ2) is 9.05. The number of benzene rings is 2. The molecule has 7 nitrogen and oxygen atoms in total. The lowest BCUT2D eigenvalue weighted by molar-refractivity contribution is 0.169. The summed E-state index contributed by atoms with van der Waals surface area (Å²) >= 11 is 0. The number of methoxy groups -OCH3 is 1. The molecule has 7 heteroatoms. The Labute approximate surface area is 171 Å². The zero-order valence-corrected chi connectivity index (χ0v) is 17.1. The summed E-state index contributed by atoms with van der Waals surface area (Å²) in [6, 6.07) is 18.9. The summed E-state index contributed by atoms with van der Waals surface area (Å²) in [6.45, 7) is 6.87. The van der Waals surface area contributed by atoms with E-state index in [0.717, 1.165) is 44.2 Å². The SMILES string of the molecule is CC[C@H](c1nnnn1Cc1ccccc1)N1CCN(c2ccc(OC)cc2)CC1. The molecule has 2 aromatic carbocycles. The molecule has 0 aliphatic carbocycles. The zero-order chi connectivity index (χ0) is 20.1. The Hall–Kier alpha value is -2.93. The van der Waals surface area contributed by atoms with E-state index in [1.807, 2.05) is 22.9 Å². The summed E-state index contributed by atoms with van der Waals surface area (Å²) in [5.74, 6) is 1.85. The molecule has 0 N–H and O–H groups in total. The summed E-state index contributed by atoms with van der Waals surface area (Å²) in [6.07, 6.45) is 0.984. The smallest absolute Gasteiger partial charge is 0.168 e. The molecule has 0 spiro atoms. The van der Waals surface area contributed by atoms with Crippen molar-refractivity contribution in [1.82, 2.24) is 25.1 Å². The first kappa shape index (κ1) is 19.4. The van der Waals surface area contributed by atoms with Crippen LogP contribution in [0, 0.1) is 0 Å². The standard InChI is InChI=1S/C22H28N6O/c1-3-21(22-23-24-25-28(22)17-18-7-5-4-6-8-18)27-15-13-26(14-16-27)19-9-11-20(29-2)12-10-19/h4-12,21H,3,13-17H2,1-2H3/t21-/m1/s1. The lowest BCUT2D eigenvalue weighted by Crippen LogP contribution is -2.48. The molecular weight excluding hydrogens is 364 g/mol. The van der Waals surface area contributed by atoms with Gasteiger partial charge in [-0.05, 0) is 46.7 Å². The van der Waals surface area contributed by atoms with E-state index in [1.165, 1.54) is 11.3 Å². The summed E-state index contributed by atoms with van der Waals surface area (Å²) in [5, 5.41) is 12.6. The molecule has 1 aliphatic rings. The number of piperazine rings is 1. The largest absolute Gasteiger partial charge is 0.497 e. The minimum absolute atomic E-state index is 0.228. The van der Waals surface area contributed by atoms with Crippen molar-refractivity contribution in [2.24, 2.45) is 0 Å². The molecule has 152 valence electrons. The highest BCUT2D eigenvalue weighted by Crippen LogP contribution is 2.26. The van der Waals surface area contributed by atoms with E-state index in [0.29, 0.717) is 6.54 Å². The van der Waals surface area contributed by atoms with Gasteiger partial charge in [0.05, 0.1) is 19.7 Å². The molecule has 1 aliphatic heterocycles. The second-order valence-corrected chi connectivity index (χ2v) is 7.33. The van der Waals surface area contributed by atoms with E-state index in [9.17, 15) is 0 Å². The van der Waals surface area contributed by atoms with E-state index in [-0.39, 0.29) is 6.04 Å². The highest BCUT2D eigenvalue weighted by atomic mass is 16.5. The van der Waals surface area contributed by atoms with Crippen LogP contribution in [0.15, 0.2) is 54.6 Å². The van der Waals surface area contributed by atoms with Gasteiger partial charge in [0.15, 0.2) is 5.82 Å². The van der Waals surface area contributed by atoms with Gasteiger partial charge in [-0.15, -0.1) is 5.10 Å². The first-order valence-corrected chi connectivity index (χ1v) is 10.2. The third-order valence-corrected chi connectivity index (χ3v) is 5.61. The lowest BCUT2D eigenvalue weighted by Gasteiger charge is -2.39. The molecule has 4 rings (SSSR count). The molecule has 0 unspecified atom stereocenters. The molecule has 1 saturated heterocycles. The van der Waals surface area contributed by atoms with Gasteiger partial charge in [-0.1, -0.05) is 37.3 Å². The highest BCUT2D eigenvalue weighted by Gasteiger charge is 2.28. The van der Waals surface area contributed by atoms with Gasteiger partial charge in [-0.2, -0.15) is 0 Å². The van der Waals surface area contributed by atoms with Crippen molar-refractivity contribution in [3.05, 3.63) is 66.0 Å². The van der Waals surface area contributed by atoms with Gasteiger partial charge in [0.25, 0.3) is 0 Å². The predicted octanol–water partition coefficient (Wildman–Crippen LogP) is 3.00. The fourth-order valence-electron chi connectivity index (χ4n) is 4.01.